The number of rotatable bonds is 5. The molecule has 5 heteroatoms. The summed E-state index contributed by atoms with van der Waals surface area (Å²) in [5.74, 6) is 0. The number of aryl methyl sites for hydroxylation is 1. The quantitative estimate of drug-likeness (QED) is 0.912. The maximum absolute atomic E-state index is 6.25. The lowest BCUT2D eigenvalue weighted by Gasteiger charge is -2.19. The van der Waals surface area contributed by atoms with Crippen molar-refractivity contribution in [2.24, 2.45) is 0 Å². The zero-order chi connectivity index (χ0) is 13.8. The van der Waals surface area contributed by atoms with Crippen molar-refractivity contribution in [1.29, 1.82) is 0 Å². The molecule has 0 saturated carbocycles. The van der Waals surface area contributed by atoms with Crippen molar-refractivity contribution >= 4 is 23.2 Å². The van der Waals surface area contributed by atoms with Gasteiger partial charge in [0.05, 0.1) is 23.0 Å². The standard InChI is InChI=1S/C14H17Cl2N3/c1-3-19-14(12(16)9-18-19)13(17-2)8-10-6-4-5-7-11(10)15/h4-7,9,13,17H,3,8H2,1-2H3. The van der Waals surface area contributed by atoms with Crippen LogP contribution in [0.5, 0.6) is 0 Å². The van der Waals surface area contributed by atoms with Crippen molar-refractivity contribution in [2.45, 2.75) is 25.9 Å². The molecule has 0 saturated heterocycles. The highest BCUT2D eigenvalue weighted by Gasteiger charge is 2.19. The van der Waals surface area contributed by atoms with E-state index in [2.05, 4.69) is 17.3 Å². The Kier molecular flexibility index (Phi) is 4.86. The van der Waals surface area contributed by atoms with Gasteiger partial charge in [0.15, 0.2) is 0 Å². The Bertz CT molecular complexity index is 551. The predicted octanol–water partition coefficient (Wildman–Crippen LogP) is 3.71. The number of nitrogens with zero attached hydrogens (tertiary/aromatic N) is 2. The van der Waals surface area contributed by atoms with Gasteiger partial charge in [0.1, 0.15) is 0 Å². The highest BCUT2D eigenvalue weighted by Crippen LogP contribution is 2.27. The van der Waals surface area contributed by atoms with Gasteiger partial charge in [-0.1, -0.05) is 41.4 Å². The minimum Gasteiger partial charge on any atom is -0.311 e. The molecule has 1 aromatic heterocycles. The van der Waals surface area contributed by atoms with Gasteiger partial charge in [-0.2, -0.15) is 5.10 Å². The van der Waals surface area contributed by atoms with Crippen LogP contribution >= 0.6 is 23.2 Å². The van der Waals surface area contributed by atoms with Gasteiger partial charge in [-0.3, -0.25) is 4.68 Å². The van der Waals surface area contributed by atoms with Crippen LogP contribution in [0.1, 0.15) is 24.2 Å². The molecular formula is C14H17Cl2N3. The first-order valence-corrected chi connectivity index (χ1v) is 7.04. The van der Waals surface area contributed by atoms with E-state index in [-0.39, 0.29) is 6.04 Å². The fourth-order valence-corrected chi connectivity index (χ4v) is 2.68. The monoisotopic (exact) mass is 297 g/mol. The molecule has 1 atom stereocenters. The minimum atomic E-state index is 0.0925. The Morgan fingerprint density at radius 2 is 2.00 bits per heavy atom. The minimum absolute atomic E-state index is 0.0925. The van der Waals surface area contributed by atoms with Gasteiger partial charge >= 0.3 is 0 Å². The molecule has 2 aromatic rings. The van der Waals surface area contributed by atoms with E-state index in [0.717, 1.165) is 29.2 Å². The van der Waals surface area contributed by atoms with Crippen molar-refractivity contribution in [3.63, 3.8) is 0 Å². The highest BCUT2D eigenvalue weighted by atomic mass is 35.5. The van der Waals surface area contributed by atoms with Crippen LogP contribution in [0.2, 0.25) is 10.0 Å². The van der Waals surface area contributed by atoms with Crippen molar-refractivity contribution in [3.8, 4) is 0 Å². The number of hydrogen-bond acceptors (Lipinski definition) is 2. The van der Waals surface area contributed by atoms with E-state index in [1.54, 1.807) is 6.20 Å². The summed E-state index contributed by atoms with van der Waals surface area (Å²) in [6, 6.07) is 7.96. The van der Waals surface area contributed by atoms with Gasteiger partial charge in [-0.25, -0.2) is 0 Å². The molecule has 0 amide bonds. The van der Waals surface area contributed by atoms with E-state index in [0.29, 0.717) is 5.02 Å². The zero-order valence-electron chi connectivity index (χ0n) is 11.0. The first-order chi connectivity index (χ1) is 9.17. The molecule has 0 fully saturated rings. The fourth-order valence-electron chi connectivity index (χ4n) is 2.19. The number of nitrogens with one attached hydrogen (secondary N) is 1. The van der Waals surface area contributed by atoms with E-state index in [4.69, 9.17) is 23.2 Å². The summed E-state index contributed by atoms with van der Waals surface area (Å²) in [7, 11) is 1.92. The average molecular weight is 298 g/mol. The molecule has 19 heavy (non-hydrogen) atoms. The summed E-state index contributed by atoms with van der Waals surface area (Å²) in [4.78, 5) is 0. The zero-order valence-corrected chi connectivity index (χ0v) is 12.5. The highest BCUT2D eigenvalue weighted by molar-refractivity contribution is 6.31. The van der Waals surface area contributed by atoms with Crippen LogP contribution in [0, 0.1) is 0 Å². The molecule has 0 bridgehead atoms. The molecule has 0 aliphatic rings. The van der Waals surface area contributed by atoms with Crippen LogP contribution < -0.4 is 5.32 Å². The summed E-state index contributed by atoms with van der Waals surface area (Å²) in [5, 5.41) is 9.04. The van der Waals surface area contributed by atoms with Crippen LogP contribution in [-0.2, 0) is 13.0 Å². The molecule has 1 N–H and O–H groups in total. The lowest BCUT2D eigenvalue weighted by Crippen LogP contribution is -2.23. The summed E-state index contributed by atoms with van der Waals surface area (Å²) in [6.07, 6.45) is 2.47. The molecule has 0 aliphatic heterocycles. The Morgan fingerprint density at radius 3 is 2.63 bits per heavy atom. The van der Waals surface area contributed by atoms with Gasteiger partial charge in [0.25, 0.3) is 0 Å². The SMILES string of the molecule is CCn1ncc(Cl)c1C(Cc1ccccc1Cl)NC. The number of likely N-dealkylation sites (N-methyl/N-ethyl adjacent to an activating group) is 1. The topological polar surface area (TPSA) is 29.9 Å². The fraction of sp³-hybridized carbons (Fsp3) is 0.357. The second-order valence-electron chi connectivity index (χ2n) is 4.33. The number of aromatic nitrogens is 2. The molecule has 0 spiro atoms. The molecule has 2 rings (SSSR count). The van der Waals surface area contributed by atoms with E-state index >= 15 is 0 Å². The molecular weight excluding hydrogens is 281 g/mol. The van der Waals surface area contributed by atoms with Gasteiger partial charge in [0, 0.05) is 11.6 Å². The maximum atomic E-state index is 6.25. The van der Waals surface area contributed by atoms with E-state index in [1.165, 1.54) is 0 Å². The van der Waals surface area contributed by atoms with Crippen molar-refractivity contribution in [2.75, 3.05) is 7.05 Å². The van der Waals surface area contributed by atoms with Crippen LogP contribution in [-0.4, -0.2) is 16.8 Å². The van der Waals surface area contributed by atoms with Gasteiger partial charge in [0.2, 0.25) is 0 Å². The van der Waals surface area contributed by atoms with Crippen LogP contribution in [0.25, 0.3) is 0 Å². The third-order valence-electron chi connectivity index (χ3n) is 3.19. The number of hydrogen-bond donors (Lipinski definition) is 1. The van der Waals surface area contributed by atoms with Crippen LogP contribution in [0.3, 0.4) is 0 Å². The molecule has 3 nitrogen and oxygen atoms in total. The van der Waals surface area contributed by atoms with Gasteiger partial charge < -0.3 is 5.32 Å². The Morgan fingerprint density at radius 1 is 1.26 bits per heavy atom. The first kappa shape index (κ1) is 14.4. The van der Waals surface area contributed by atoms with Gasteiger partial charge in [-0.05, 0) is 32.0 Å². The smallest absolute Gasteiger partial charge is 0.0834 e. The van der Waals surface area contributed by atoms with E-state index < -0.39 is 0 Å². The molecule has 1 aromatic carbocycles. The second-order valence-corrected chi connectivity index (χ2v) is 5.14. The Balaban J connectivity index is 2.30. The Hall–Kier alpha value is -1.03. The van der Waals surface area contributed by atoms with E-state index in [9.17, 15) is 0 Å². The van der Waals surface area contributed by atoms with E-state index in [1.807, 2.05) is 36.0 Å². The van der Waals surface area contributed by atoms with Crippen LogP contribution in [0.4, 0.5) is 0 Å². The number of benzene rings is 1. The number of halogens is 2. The summed E-state index contributed by atoms with van der Waals surface area (Å²) >= 11 is 12.5. The van der Waals surface area contributed by atoms with Crippen molar-refractivity contribution < 1.29 is 0 Å². The first-order valence-electron chi connectivity index (χ1n) is 6.29. The second kappa shape index (κ2) is 6.42. The summed E-state index contributed by atoms with van der Waals surface area (Å²) in [6.45, 7) is 2.85. The third-order valence-corrected chi connectivity index (χ3v) is 3.85. The summed E-state index contributed by atoms with van der Waals surface area (Å²) in [5.41, 5.74) is 2.11. The third kappa shape index (κ3) is 3.11. The average Bonchev–Trinajstić information content (AvgIpc) is 2.79. The molecule has 102 valence electrons. The largest absolute Gasteiger partial charge is 0.311 e. The van der Waals surface area contributed by atoms with Gasteiger partial charge in [-0.15, -0.1) is 0 Å². The maximum Gasteiger partial charge on any atom is 0.0834 e. The summed E-state index contributed by atoms with van der Waals surface area (Å²) < 4.78 is 1.92. The van der Waals surface area contributed by atoms with Crippen LogP contribution in [0.15, 0.2) is 30.5 Å². The predicted molar refractivity (Wildman–Crippen MR) is 79.9 cm³/mol. The van der Waals surface area contributed by atoms with Crippen molar-refractivity contribution in [3.05, 3.63) is 51.8 Å². The molecule has 1 heterocycles. The lowest BCUT2D eigenvalue weighted by atomic mass is 10.0. The Labute approximate surface area is 123 Å². The molecule has 0 aliphatic carbocycles. The normalized spacial score (nSPS) is 12.6. The molecule has 1 unspecified atom stereocenters. The van der Waals surface area contributed by atoms with Crippen molar-refractivity contribution in [1.82, 2.24) is 15.1 Å². The molecule has 0 radical (unpaired) electrons. The lowest BCUT2D eigenvalue weighted by molar-refractivity contribution is 0.513.